The maximum absolute atomic E-state index is 12.7. The number of halogens is 3. The van der Waals surface area contributed by atoms with Gasteiger partial charge in [-0.25, -0.2) is 10.0 Å². The van der Waals surface area contributed by atoms with E-state index in [-0.39, 0.29) is 17.9 Å². The number of fused-ring (bicyclic) bond motifs is 3. The molecule has 0 aliphatic carbocycles. The van der Waals surface area contributed by atoms with Gasteiger partial charge in [-0.3, -0.25) is 5.21 Å². The van der Waals surface area contributed by atoms with E-state index in [1.165, 1.54) is 5.01 Å². The number of alkyl halides is 3. The lowest BCUT2D eigenvalue weighted by Gasteiger charge is -2.35. The molecule has 6 nitrogen and oxygen atoms in total. The topological polar surface area (TPSA) is 65.0 Å². The van der Waals surface area contributed by atoms with Crippen molar-refractivity contribution in [2.45, 2.75) is 6.18 Å². The van der Waals surface area contributed by atoms with Crippen molar-refractivity contribution in [3.8, 4) is 0 Å². The molecule has 2 heterocycles. The number of para-hydroxylation sites is 2. The molecule has 130 valence electrons. The van der Waals surface area contributed by atoms with Crippen LogP contribution in [0.1, 0.15) is 5.56 Å². The second-order valence-electron chi connectivity index (χ2n) is 5.56. The predicted octanol–water partition coefficient (Wildman–Crippen LogP) is 2.51. The van der Waals surface area contributed by atoms with E-state index in [2.05, 4.69) is 5.32 Å². The van der Waals surface area contributed by atoms with Crippen LogP contribution >= 0.6 is 0 Å². The van der Waals surface area contributed by atoms with Crippen LogP contribution in [0.25, 0.3) is 0 Å². The van der Waals surface area contributed by atoms with Crippen LogP contribution < -0.4 is 20.4 Å². The fourth-order valence-corrected chi connectivity index (χ4v) is 2.88. The highest BCUT2D eigenvalue weighted by Gasteiger charge is 2.37. The van der Waals surface area contributed by atoms with Crippen molar-refractivity contribution >= 4 is 17.1 Å². The first-order chi connectivity index (χ1) is 11.9. The van der Waals surface area contributed by atoms with Gasteiger partial charge >= 0.3 is 6.18 Å². The molecule has 2 aromatic carbocycles. The highest BCUT2D eigenvalue weighted by Crippen LogP contribution is 2.40. The molecule has 2 aliphatic rings. The summed E-state index contributed by atoms with van der Waals surface area (Å²) in [6.45, 7) is 0.185. The summed E-state index contributed by atoms with van der Waals surface area (Å²) in [5.74, 6) is -0.524. The van der Waals surface area contributed by atoms with Gasteiger partial charge < -0.3 is 10.4 Å². The van der Waals surface area contributed by atoms with Crippen molar-refractivity contribution in [2.24, 2.45) is 0 Å². The molecule has 0 unspecified atom stereocenters. The largest absolute Gasteiger partial charge is 0.858 e. The Hall–Kier alpha value is -2.91. The standard InChI is InChI=1S/C16H13F3N4O2/c17-16(18,19)10-5-7-11(8-6-10)21-15(24)14-9-20-12-3-1-2-4-13(12)22(14)23(21)25/h1-8,20,24-25H,9H2/p-1. The van der Waals surface area contributed by atoms with E-state index in [9.17, 15) is 23.5 Å². The van der Waals surface area contributed by atoms with Gasteiger partial charge in [0.2, 0.25) is 0 Å². The third-order valence-corrected chi connectivity index (χ3v) is 4.07. The lowest BCUT2D eigenvalue weighted by atomic mass is 10.2. The Morgan fingerprint density at radius 1 is 1.00 bits per heavy atom. The van der Waals surface area contributed by atoms with Gasteiger partial charge in [-0.15, -0.1) is 0 Å². The first kappa shape index (κ1) is 15.6. The van der Waals surface area contributed by atoms with Crippen LogP contribution in [0.3, 0.4) is 0 Å². The van der Waals surface area contributed by atoms with Crippen LogP contribution in [-0.2, 0) is 6.18 Å². The Morgan fingerprint density at radius 2 is 1.68 bits per heavy atom. The Balaban J connectivity index is 1.73. The summed E-state index contributed by atoms with van der Waals surface area (Å²) in [7, 11) is 0. The first-order valence-electron chi connectivity index (χ1n) is 7.37. The van der Waals surface area contributed by atoms with Gasteiger partial charge in [0.05, 0.1) is 34.9 Å². The molecule has 0 atom stereocenters. The highest BCUT2D eigenvalue weighted by atomic mass is 19.4. The fourth-order valence-electron chi connectivity index (χ4n) is 2.88. The van der Waals surface area contributed by atoms with Gasteiger partial charge in [-0.2, -0.15) is 13.2 Å². The molecule has 0 fully saturated rings. The summed E-state index contributed by atoms with van der Waals surface area (Å²) in [4.78, 5) is 0. The van der Waals surface area contributed by atoms with E-state index in [1.54, 1.807) is 18.2 Å². The summed E-state index contributed by atoms with van der Waals surface area (Å²) < 4.78 is 38.1. The predicted molar refractivity (Wildman–Crippen MR) is 82.0 cm³/mol. The van der Waals surface area contributed by atoms with Crippen molar-refractivity contribution in [1.29, 1.82) is 0 Å². The number of anilines is 3. The number of rotatable bonds is 1. The van der Waals surface area contributed by atoms with E-state index >= 15 is 0 Å². The molecule has 9 heteroatoms. The average Bonchev–Trinajstić information content (AvgIpc) is 2.85. The second kappa shape index (κ2) is 5.30. The molecule has 0 aromatic heterocycles. The lowest BCUT2D eigenvalue weighted by molar-refractivity contribution is -0.313. The SMILES string of the molecule is [O-]C1=C2CNc3ccccc3N2N(O)N1c1ccc(C(F)(F)F)cc1. The van der Waals surface area contributed by atoms with E-state index in [4.69, 9.17) is 0 Å². The Labute approximate surface area is 140 Å². The normalized spacial score (nSPS) is 17.4. The van der Waals surface area contributed by atoms with Crippen LogP contribution in [0.4, 0.5) is 30.2 Å². The van der Waals surface area contributed by atoms with Gasteiger partial charge in [0.25, 0.3) is 0 Å². The van der Waals surface area contributed by atoms with Crippen LogP contribution in [0.2, 0.25) is 0 Å². The summed E-state index contributed by atoms with van der Waals surface area (Å²) in [5.41, 5.74) is 0.854. The molecule has 4 rings (SSSR count). The number of hydrogen-bond acceptors (Lipinski definition) is 6. The summed E-state index contributed by atoms with van der Waals surface area (Å²) >= 11 is 0. The van der Waals surface area contributed by atoms with Crippen LogP contribution in [-0.4, -0.2) is 17.0 Å². The zero-order valence-electron chi connectivity index (χ0n) is 12.7. The minimum absolute atomic E-state index is 0.125. The summed E-state index contributed by atoms with van der Waals surface area (Å²) in [6, 6.07) is 11.1. The van der Waals surface area contributed by atoms with Crippen LogP contribution in [0, 0.1) is 0 Å². The van der Waals surface area contributed by atoms with Crippen molar-refractivity contribution in [3.05, 3.63) is 65.7 Å². The molecular formula is C16H12F3N4O2-. The van der Waals surface area contributed by atoms with E-state index < -0.39 is 17.6 Å². The Kier molecular flexibility index (Phi) is 3.31. The maximum Gasteiger partial charge on any atom is 0.416 e. The molecule has 2 aliphatic heterocycles. The molecule has 0 radical (unpaired) electrons. The van der Waals surface area contributed by atoms with Gasteiger partial charge in [-0.05, 0) is 36.4 Å². The number of hydrazine groups is 2. The molecule has 2 aromatic rings. The lowest BCUT2D eigenvalue weighted by Crippen LogP contribution is -2.46. The van der Waals surface area contributed by atoms with Gasteiger partial charge in [0.15, 0.2) is 0 Å². The Bertz CT molecular complexity index is 851. The number of nitrogens with one attached hydrogen (secondary N) is 1. The molecular weight excluding hydrogens is 337 g/mol. The van der Waals surface area contributed by atoms with Crippen LogP contribution in [0.15, 0.2) is 60.1 Å². The van der Waals surface area contributed by atoms with E-state index in [0.717, 1.165) is 35.0 Å². The maximum atomic E-state index is 12.7. The van der Waals surface area contributed by atoms with Crippen molar-refractivity contribution in [3.63, 3.8) is 0 Å². The molecule has 0 saturated heterocycles. The van der Waals surface area contributed by atoms with Crippen LogP contribution in [0.5, 0.6) is 0 Å². The fraction of sp³-hybridized carbons (Fsp3) is 0.125. The monoisotopic (exact) mass is 349 g/mol. The molecule has 0 saturated carbocycles. The van der Waals surface area contributed by atoms with Gasteiger partial charge in [0.1, 0.15) is 0 Å². The minimum atomic E-state index is -4.47. The molecule has 0 amide bonds. The smallest absolute Gasteiger partial charge is 0.416 e. The molecule has 0 spiro atoms. The number of hydrogen-bond donors (Lipinski definition) is 2. The first-order valence-corrected chi connectivity index (χ1v) is 7.37. The molecule has 0 bridgehead atoms. The van der Waals surface area contributed by atoms with Gasteiger partial charge in [-0.1, -0.05) is 12.1 Å². The quantitative estimate of drug-likeness (QED) is 0.825. The number of benzene rings is 2. The zero-order valence-corrected chi connectivity index (χ0v) is 12.7. The van der Waals surface area contributed by atoms with Crippen molar-refractivity contribution in [2.75, 3.05) is 21.9 Å². The highest BCUT2D eigenvalue weighted by molar-refractivity contribution is 5.77. The van der Waals surface area contributed by atoms with Gasteiger partial charge in [0, 0.05) is 11.2 Å². The van der Waals surface area contributed by atoms with E-state index in [0.29, 0.717) is 11.0 Å². The molecule has 2 N–H and O–H groups in total. The minimum Gasteiger partial charge on any atom is -0.858 e. The van der Waals surface area contributed by atoms with Crippen molar-refractivity contribution < 1.29 is 23.5 Å². The average molecular weight is 349 g/mol. The summed E-state index contributed by atoms with van der Waals surface area (Å²) in [5, 5.41) is 29.0. The van der Waals surface area contributed by atoms with E-state index in [1.807, 2.05) is 6.07 Å². The summed E-state index contributed by atoms with van der Waals surface area (Å²) in [6.07, 6.45) is -4.47. The third-order valence-electron chi connectivity index (χ3n) is 4.07. The second-order valence-corrected chi connectivity index (χ2v) is 5.56. The molecule has 25 heavy (non-hydrogen) atoms. The zero-order chi connectivity index (χ0) is 17.8. The Morgan fingerprint density at radius 3 is 2.36 bits per heavy atom. The third kappa shape index (κ3) is 2.36. The van der Waals surface area contributed by atoms with Crippen molar-refractivity contribution in [1.82, 2.24) is 5.28 Å². The number of nitrogens with zero attached hydrogens (tertiary/aromatic N) is 3.